The third-order valence-corrected chi connectivity index (χ3v) is 6.26. The summed E-state index contributed by atoms with van der Waals surface area (Å²) in [6, 6.07) is 25.5. The maximum atomic E-state index is 12.2. The van der Waals surface area contributed by atoms with Gasteiger partial charge in [-0.2, -0.15) is 0 Å². The van der Waals surface area contributed by atoms with Gasteiger partial charge < -0.3 is 29.6 Å². The van der Waals surface area contributed by atoms with Gasteiger partial charge in [-0.25, -0.2) is 9.59 Å². The number of carbonyl (C=O) groups excluding carboxylic acids is 3. The van der Waals surface area contributed by atoms with Gasteiger partial charge in [0.05, 0.1) is 13.2 Å². The van der Waals surface area contributed by atoms with Crippen LogP contribution in [0.3, 0.4) is 0 Å². The molecule has 0 saturated carbocycles. The van der Waals surface area contributed by atoms with Gasteiger partial charge in [-0.15, -0.1) is 0 Å². The highest BCUT2D eigenvalue weighted by Gasteiger charge is 2.29. The molecule has 0 aliphatic heterocycles. The molecule has 0 spiro atoms. The van der Waals surface area contributed by atoms with Crippen molar-refractivity contribution in [3.63, 3.8) is 0 Å². The maximum absolute atomic E-state index is 12.2. The molecule has 204 valence electrons. The molecule has 9 heteroatoms. The fraction of sp³-hybridized carbons (Fsp3) is 0.300. The Morgan fingerprint density at radius 3 is 2.13 bits per heavy atom. The summed E-state index contributed by atoms with van der Waals surface area (Å²) >= 11 is 0. The van der Waals surface area contributed by atoms with Crippen LogP contribution in [-0.2, 0) is 35.1 Å². The van der Waals surface area contributed by atoms with E-state index in [0.29, 0.717) is 0 Å². The van der Waals surface area contributed by atoms with Crippen LogP contribution in [0.5, 0.6) is 0 Å². The van der Waals surface area contributed by atoms with E-state index in [4.69, 9.17) is 18.9 Å². The van der Waals surface area contributed by atoms with Crippen molar-refractivity contribution < 1.29 is 33.3 Å². The van der Waals surface area contributed by atoms with Crippen molar-refractivity contribution in [2.75, 3.05) is 33.1 Å². The SMILES string of the molecule is CC(OCCOCNC(=O)CNC(=O)OCC1c2ccccc2-c2ccccc21)C(=O)OCc1ccccc1. The van der Waals surface area contributed by atoms with Crippen LogP contribution in [-0.4, -0.2) is 57.2 Å². The van der Waals surface area contributed by atoms with E-state index >= 15 is 0 Å². The number of fused-ring (bicyclic) bond motifs is 3. The van der Waals surface area contributed by atoms with Crippen molar-refractivity contribution >= 4 is 18.0 Å². The van der Waals surface area contributed by atoms with E-state index in [-0.39, 0.29) is 45.6 Å². The molecule has 2 amide bonds. The average Bonchev–Trinajstić information content (AvgIpc) is 3.29. The second kappa shape index (κ2) is 14.1. The summed E-state index contributed by atoms with van der Waals surface area (Å²) in [5.41, 5.74) is 5.41. The number of rotatable bonds is 13. The van der Waals surface area contributed by atoms with Crippen molar-refractivity contribution in [2.45, 2.75) is 25.6 Å². The molecule has 0 bridgehead atoms. The quantitative estimate of drug-likeness (QED) is 0.196. The Hall–Kier alpha value is -4.21. The molecule has 39 heavy (non-hydrogen) atoms. The highest BCUT2D eigenvalue weighted by Crippen LogP contribution is 2.44. The number of ether oxygens (including phenoxy) is 4. The fourth-order valence-corrected chi connectivity index (χ4v) is 4.27. The number of amides is 2. The molecule has 0 radical (unpaired) electrons. The van der Waals surface area contributed by atoms with Crippen LogP contribution in [0.2, 0.25) is 0 Å². The standard InChI is InChI=1S/C30H32N2O7/c1-21(29(34)38-18-22-9-3-2-4-10-22)37-16-15-36-20-32-28(33)17-31-30(35)39-19-27-25-13-7-5-11-23(25)24-12-6-8-14-26(24)27/h2-14,21,27H,15-20H2,1H3,(H,31,35)(H,32,33). The number of esters is 1. The third kappa shape index (κ3) is 7.89. The molecule has 4 rings (SSSR count). The van der Waals surface area contributed by atoms with Crippen LogP contribution in [0.1, 0.15) is 29.5 Å². The van der Waals surface area contributed by atoms with Crippen LogP contribution in [0.4, 0.5) is 4.79 Å². The van der Waals surface area contributed by atoms with Gasteiger partial charge >= 0.3 is 12.1 Å². The monoisotopic (exact) mass is 532 g/mol. The lowest BCUT2D eigenvalue weighted by Gasteiger charge is -2.14. The predicted octanol–water partition coefficient (Wildman–Crippen LogP) is 3.76. The summed E-state index contributed by atoms with van der Waals surface area (Å²) in [5, 5.41) is 4.98. The number of alkyl carbamates (subject to hydrolysis) is 1. The van der Waals surface area contributed by atoms with Crippen molar-refractivity contribution in [2.24, 2.45) is 0 Å². The van der Waals surface area contributed by atoms with Crippen molar-refractivity contribution in [1.82, 2.24) is 10.6 Å². The zero-order valence-electron chi connectivity index (χ0n) is 21.8. The molecule has 1 atom stereocenters. The summed E-state index contributed by atoms with van der Waals surface area (Å²) < 4.78 is 21.3. The summed E-state index contributed by atoms with van der Waals surface area (Å²) in [6.45, 7) is 1.95. The summed E-state index contributed by atoms with van der Waals surface area (Å²) in [6.07, 6.45) is -1.41. The molecule has 2 N–H and O–H groups in total. The summed E-state index contributed by atoms with van der Waals surface area (Å²) in [5.74, 6) is -0.949. The molecule has 0 fully saturated rings. The van der Waals surface area contributed by atoms with Crippen LogP contribution in [0, 0.1) is 0 Å². The van der Waals surface area contributed by atoms with Gasteiger partial charge in [0.15, 0.2) is 6.10 Å². The lowest BCUT2D eigenvalue weighted by atomic mass is 9.98. The summed E-state index contributed by atoms with van der Waals surface area (Å²) in [7, 11) is 0. The number of benzene rings is 3. The molecule has 1 aliphatic carbocycles. The van der Waals surface area contributed by atoms with Crippen LogP contribution in [0.25, 0.3) is 11.1 Å². The van der Waals surface area contributed by atoms with Gasteiger partial charge in [0.1, 0.15) is 26.5 Å². The molecule has 1 unspecified atom stereocenters. The van der Waals surface area contributed by atoms with Gasteiger partial charge in [-0.05, 0) is 34.7 Å². The lowest BCUT2D eigenvalue weighted by Crippen LogP contribution is -2.38. The van der Waals surface area contributed by atoms with Crippen LogP contribution >= 0.6 is 0 Å². The number of hydrogen-bond donors (Lipinski definition) is 2. The third-order valence-electron chi connectivity index (χ3n) is 6.26. The minimum Gasteiger partial charge on any atom is -0.459 e. The normalized spacial score (nSPS) is 12.6. The van der Waals surface area contributed by atoms with E-state index in [9.17, 15) is 14.4 Å². The zero-order chi connectivity index (χ0) is 27.5. The van der Waals surface area contributed by atoms with E-state index in [0.717, 1.165) is 27.8 Å². The molecule has 9 nitrogen and oxygen atoms in total. The van der Waals surface area contributed by atoms with Crippen molar-refractivity contribution in [1.29, 1.82) is 0 Å². The molecule has 1 aliphatic rings. The van der Waals surface area contributed by atoms with E-state index in [2.05, 4.69) is 22.8 Å². The first-order valence-corrected chi connectivity index (χ1v) is 12.8. The molecule has 0 aromatic heterocycles. The molecular weight excluding hydrogens is 500 g/mol. The first kappa shape index (κ1) is 27.8. The van der Waals surface area contributed by atoms with Crippen LogP contribution < -0.4 is 10.6 Å². The van der Waals surface area contributed by atoms with Crippen LogP contribution in [0.15, 0.2) is 78.9 Å². The average molecular weight is 533 g/mol. The minimum atomic E-state index is -0.742. The molecular formula is C30H32N2O7. The Balaban J connectivity index is 1.05. The Morgan fingerprint density at radius 2 is 1.44 bits per heavy atom. The van der Waals surface area contributed by atoms with Crippen molar-refractivity contribution in [3.8, 4) is 11.1 Å². The smallest absolute Gasteiger partial charge is 0.407 e. The zero-order valence-corrected chi connectivity index (χ0v) is 21.8. The second-order valence-corrected chi connectivity index (χ2v) is 8.94. The molecule has 3 aromatic carbocycles. The Morgan fingerprint density at radius 1 is 0.795 bits per heavy atom. The van der Waals surface area contributed by atoms with Crippen molar-refractivity contribution in [3.05, 3.63) is 95.6 Å². The van der Waals surface area contributed by atoms with Gasteiger partial charge in [0, 0.05) is 5.92 Å². The molecule has 0 saturated heterocycles. The molecule has 3 aromatic rings. The Kier molecular flexibility index (Phi) is 10.0. The minimum absolute atomic E-state index is 0.0546. The van der Waals surface area contributed by atoms with Gasteiger partial charge in [-0.3, -0.25) is 4.79 Å². The van der Waals surface area contributed by atoms with E-state index < -0.39 is 24.1 Å². The fourth-order valence-electron chi connectivity index (χ4n) is 4.27. The number of hydrogen-bond acceptors (Lipinski definition) is 7. The van der Waals surface area contributed by atoms with Gasteiger partial charge in [0.25, 0.3) is 0 Å². The lowest BCUT2D eigenvalue weighted by molar-refractivity contribution is -0.158. The Labute approximate surface area is 227 Å². The second-order valence-electron chi connectivity index (χ2n) is 8.94. The highest BCUT2D eigenvalue weighted by molar-refractivity contribution is 5.82. The number of carbonyl (C=O) groups is 3. The van der Waals surface area contributed by atoms with E-state index in [1.807, 2.05) is 66.7 Å². The van der Waals surface area contributed by atoms with Gasteiger partial charge in [0.2, 0.25) is 5.91 Å². The van der Waals surface area contributed by atoms with Gasteiger partial charge in [-0.1, -0.05) is 78.9 Å². The highest BCUT2D eigenvalue weighted by atomic mass is 16.6. The van der Waals surface area contributed by atoms with E-state index in [1.54, 1.807) is 6.92 Å². The molecule has 0 heterocycles. The Bertz CT molecular complexity index is 1220. The topological polar surface area (TPSA) is 112 Å². The van der Waals surface area contributed by atoms with E-state index in [1.165, 1.54) is 0 Å². The largest absolute Gasteiger partial charge is 0.459 e. The number of nitrogens with one attached hydrogen (secondary N) is 2. The first-order valence-electron chi connectivity index (χ1n) is 12.8. The first-order chi connectivity index (χ1) is 19.0. The summed E-state index contributed by atoms with van der Waals surface area (Å²) in [4.78, 5) is 36.2. The maximum Gasteiger partial charge on any atom is 0.407 e. The predicted molar refractivity (Wildman–Crippen MR) is 144 cm³/mol.